The molecule has 1 aliphatic rings. The van der Waals surface area contributed by atoms with Gasteiger partial charge in [0.2, 0.25) is 0 Å². The van der Waals surface area contributed by atoms with Crippen molar-refractivity contribution in [3.63, 3.8) is 0 Å². The van der Waals surface area contributed by atoms with Gasteiger partial charge in [0, 0.05) is 6.42 Å². The fraction of sp³-hybridized carbons (Fsp3) is 0.100. The summed E-state index contributed by atoms with van der Waals surface area (Å²) < 4.78 is 5.27. The summed E-state index contributed by atoms with van der Waals surface area (Å²) in [5.74, 6) is 0.0776. The van der Waals surface area contributed by atoms with Crippen molar-refractivity contribution in [3.8, 4) is 0 Å². The molecule has 24 heavy (non-hydrogen) atoms. The van der Waals surface area contributed by atoms with Gasteiger partial charge in [-0.05, 0) is 23.3 Å². The normalized spacial score (nSPS) is 16.9. The van der Waals surface area contributed by atoms with E-state index in [1.165, 1.54) is 11.3 Å². The fourth-order valence-electron chi connectivity index (χ4n) is 2.95. The zero-order valence-electron chi connectivity index (χ0n) is 13.0. The molecule has 0 fully saturated rings. The van der Waals surface area contributed by atoms with Crippen molar-refractivity contribution in [1.82, 2.24) is 5.01 Å². The average molecular weight is 316 g/mol. The molecule has 4 rings (SSSR count). The van der Waals surface area contributed by atoms with E-state index in [4.69, 9.17) is 4.42 Å². The quantitative estimate of drug-likeness (QED) is 0.724. The first-order valence-electron chi connectivity index (χ1n) is 7.88. The molecule has 0 N–H and O–H groups in total. The van der Waals surface area contributed by atoms with Crippen molar-refractivity contribution in [1.29, 1.82) is 0 Å². The Labute approximate surface area is 140 Å². The summed E-state index contributed by atoms with van der Waals surface area (Å²) in [5.41, 5.74) is 3.00. The van der Waals surface area contributed by atoms with Gasteiger partial charge in [-0.3, -0.25) is 4.79 Å². The van der Waals surface area contributed by atoms with Crippen LogP contribution in [0.1, 0.15) is 34.1 Å². The number of hydrazone groups is 1. The van der Waals surface area contributed by atoms with Gasteiger partial charge < -0.3 is 4.42 Å². The van der Waals surface area contributed by atoms with Crippen molar-refractivity contribution in [2.24, 2.45) is 5.10 Å². The van der Waals surface area contributed by atoms with Gasteiger partial charge in [0.1, 0.15) is 0 Å². The molecule has 1 aromatic heterocycles. The highest BCUT2D eigenvalue weighted by atomic mass is 16.3. The van der Waals surface area contributed by atoms with Crippen molar-refractivity contribution >= 4 is 11.6 Å². The summed E-state index contributed by atoms with van der Waals surface area (Å²) in [6.07, 6.45) is 2.18. The van der Waals surface area contributed by atoms with E-state index in [1.54, 1.807) is 12.1 Å². The average Bonchev–Trinajstić information content (AvgIpc) is 3.33. The number of furan rings is 1. The molecule has 2 heterocycles. The Hall–Kier alpha value is -3.14. The Balaban J connectivity index is 1.73. The van der Waals surface area contributed by atoms with Gasteiger partial charge in [-0.1, -0.05) is 60.7 Å². The van der Waals surface area contributed by atoms with E-state index in [2.05, 4.69) is 5.10 Å². The number of hydrogen-bond donors (Lipinski definition) is 0. The Kier molecular flexibility index (Phi) is 3.71. The molecule has 0 bridgehead atoms. The van der Waals surface area contributed by atoms with Crippen LogP contribution in [0.25, 0.3) is 0 Å². The van der Waals surface area contributed by atoms with E-state index < -0.39 is 0 Å². The van der Waals surface area contributed by atoms with E-state index in [1.807, 2.05) is 60.7 Å². The van der Waals surface area contributed by atoms with Crippen LogP contribution in [0.15, 0.2) is 88.6 Å². The van der Waals surface area contributed by atoms with Gasteiger partial charge in [0.05, 0.1) is 18.0 Å². The van der Waals surface area contributed by atoms with Gasteiger partial charge in [0.15, 0.2) is 5.76 Å². The SMILES string of the molecule is O=C(c1ccco1)N1N=C(c2ccccc2)C[C@H]1c1ccccc1. The number of benzene rings is 2. The molecule has 0 aliphatic carbocycles. The number of rotatable bonds is 3. The molecule has 1 atom stereocenters. The minimum atomic E-state index is -0.222. The first-order valence-corrected chi connectivity index (χ1v) is 7.88. The second-order valence-electron chi connectivity index (χ2n) is 5.67. The number of carbonyl (C=O) groups is 1. The lowest BCUT2D eigenvalue weighted by Crippen LogP contribution is -2.26. The van der Waals surface area contributed by atoms with Crippen LogP contribution in [-0.2, 0) is 0 Å². The summed E-state index contributed by atoms with van der Waals surface area (Å²) in [5, 5.41) is 6.15. The van der Waals surface area contributed by atoms with Gasteiger partial charge in [0.25, 0.3) is 0 Å². The van der Waals surface area contributed by atoms with Crippen LogP contribution in [0, 0.1) is 0 Å². The minimum absolute atomic E-state index is 0.126. The highest BCUT2D eigenvalue weighted by Gasteiger charge is 2.34. The van der Waals surface area contributed by atoms with Crippen LogP contribution in [0.2, 0.25) is 0 Å². The summed E-state index contributed by atoms with van der Waals surface area (Å²) in [6, 6.07) is 23.2. The topological polar surface area (TPSA) is 45.8 Å². The zero-order chi connectivity index (χ0) is 16.4. The lowest BCUT2D eigenvalue weighted by Gasteiger charge is -2.21. The number of hydrogen-bond acceptors (Lipinski definition) is 3. The van der Waals surface area contributed by atoms with Crippen molar-refractivity contribution in [2.75, 3.05) is 0 Å². The largest absolute Gasteiger partial charge is 0.459 e. The maximum absolute atomic E-state index is 12.8. The van der Waals surface area contributed by atoms with E-state index in [9.17, 15) is 4.79 Å². The highest BCUT2D eigenvalue weighted by molar-refractivity contribution is 6.04. The predicted molar refractivity (Wildman–Crippen MR) is 91.7 cm³/mol. The van der Waals surface area contributed by atoms with Crippen LogP contribution in [0.3, 0.4) is 0 Å². The van der Waals surface area contributed by atoms with Gasteiger partial charge in [-0.15, -0.1) is 0 Å². The zero-order valence-corrected chi connectivity index (χ0v) is 13.0. The van der Waals surface area contributed by atoms with E-state index in [-0.39, 0.29) is 11.9 Å². The number of amides is 1. The van der Waals surface area contributed by atoms with Gasteiger partial charge in [-0.2, -0.15) is 5.10 Å². The predicted octanol–water partition coefficient (Wildman–Crippen LogP) is 4.27. The van der Waals surface area contributed by atoms with Crippen LogP contribution < -0.4 is 0 Å². The second kappa shape index (κ2) is 6.16. The van der Waals surface area contributed by atoms with Crippen molar-refractivity contribution < 1.29 is 9.21 Å². The lowest BCUT2D eigenvalue weighted by atomic mass is 9.98. The molecular weight excluding hydrogens is 300 g/mol. The summed E-state index contributed by atoms with van der Waals surface area (Å²) in [4.78, 5) is 12.8. The van der Waals surface area contributed by atoms with Crippen LogP contribution >= 0.6 is 0 Å². The standard InChI is InChI=1S/C20H16N2O2/c23-20(19-12-7-13-24-19)22-18(16-10-5-2-6-11-16)14-17(21-22)15-8-3-1-4-9-15/h1-13,18H,14H2/t18-/m0/s1. The molecule has 0 saturated heterocycles. The molecule has 4 nitrogen and oxygen atoms in total. The van der Waals surface area contributed by atoms with Crippen molar-refractivity contribution in [2.45, 2.75) is 12.5 Å². The monoisotopic (exact) mass is 316 g/mol. The highest BCUT2D eigenvalue weighted by Crippen LogP contribution is 2.33. The van der Waals surface area contributed by atoms with Crippen molar-refractivity contribution in [3.05, 3.63) is 95.9 Å². The van der Waals surface area contributed by atoms with Crippen LogP contribution in [0.4, 0.5) is 0 Å². The third-order valence-corrected chi connectivity index (χ3v) is 4.14. The molecule has 1 amide bonds. The minimum Gasteiger partial charge on any atom is -0.459 e. The third-order valence-electron chi connectivity index (χ3n) is 4.14. The molecule has 0 saturated carbocycles. The molecule has 0 unspecified atom stereocenters. The smallest absolute Gasteiger partial charge is 0.310 e. The molecule has 1 aliphatic heterocycles. The van der Waals surface area contributed by atoms with Crippen LogP contribution in [-0.4, -0.2) is 16.6 Å². The van der Waals surface area contributed by atoms with E-state index in [0.717, 1.165) is 16.8 Å². The Morgan fingerprint density at radius 3 is 2.33 bits per heavy atom. The number of carbonyl (C=O) groups excluding carboxylic acids is 1. The first-order chi connectivity index (χ1) is 11.8. The molecule has 3 aromatic rings. The van der Waals surface area contributed by atoms with E-state index >= 15 is 0 Å². The maximum atomic E-state index is 12.8. The molecule has 4 heteroatoms. The Morgan fingerprint density at radius 1 is 0.958 bits per heavy atom. The first kappa shape index (κ1) is 14.5. The Morgan fingerprint density at radius 2 is 1.67 bits per heavy atom. The lowest BCUT2D eigenvalue weighted by molar-refractivity contribution is 0.0678. The molecular formula is C20H16N2O2. The third kappa shape index (κ3) is 2.63. The summed E-state index contributed by atoms with van der Waals surface area (Å²) in [6.45, 7) is 0. The van der Waals surface area contributed by atoms with Crippen LogP contribution in [0.5, 0.6) is 0 Å². The second-order valence-corrected chi connectivity index (χ2v) is 5.67. The summed E-state index contributed by atoms with van der Waals surface area (Å²) >= 11 is 0. The van der Waals surface area contributed by atoms with Gasteiger partial charge >= 0.3 is 5.91 Å². The summed E-state index contributed by atoms with van der Waals surface area (Å²) in [7, 11) is 0. The molecule has 0 radical (unpaired) electrons. The number of nitrogens with zero attached hydrogens (tertiary/aromatic N) is 2. The Bertz CT molecular complexity index is 855. The molecule has 118 valence electrons. The maximum Gasteiger partial charge on any atom is 0.310 e. The molecule has 0 spiro atoms. The fourth-order valence-corrected chi connectivity index (χ4v) is 2.95. The van der Waals surface area contributed by atoms with Gasteiger partial charge in [-0.25, -0.2) is 5.01 Å². The molecule has 2 aromatic carbocycles. The van der Waals surface area contributed by atoms with E-state index in [0.29, 0.717) is 12.2 Å².